The van der Waals surface area contributed by atoms with Crippen molar-refractivity contribution >= 4 is 34.9 Å². The van der Waals surface area contributed by atoms with Crippen LogP contribution < -0.4 is 32.2 Å². The summed E-state index contributed by atoms with van der Waals surface area (Å²) < 4.78 is 6.08. The highest BCUT2D eigenvalue weighted by atomic mass is 16.5. The molecule has 266 valence electrons. The quantitative estimate of drug-likeness (QED) is 0.0555. The van der Waals surface area contributed by atoms with E-state index in [1.807, 2.05) is 37.3 Å². The van der Waals surface area contributed by atoms with Crippen molar-refractivity contribution in [2.24, 2.45) is 27.4 Å². The van der Waals surface area contributed by atoms with Crippen molar-refractivity contribution in [1.82, 2.24) is 15.5 Å². The largest absolute Gasteiger partial charge is 0.494 e. The third-order valence-electron chi connectivity index (χ3n) is 8.61. The van der Waals surface area contributed by atoms with E-state index in [9.17, 15) is 4.79 Å². The maximum absolute atomic E-state index is 13.3. The summed E-state index contributed by atoms with van der Waals surface area (Å²) >= 11 is 0. The molecule has 0 spiro atoms. The average Bonchev–Trinajstić information content (AvgIpc) is 4.05. The van der Waals surface area contributed by atoms with Gasteiger partial charge in [0.25, 0.3) is 0 Å². The summed E-state index contributed by atoms with van der Waals surface area (Å²) in [6.07, 6.45) is 19.7. The molecule has 2 aliphatic carbocycles. The Bertz CT molecular complexity index is 1730. The fraction of sp³-hybridized carbons (Fsp3) is 0.385. The van der Waals surface area contributed by atoms with Crippen molar-refractivity contribution in [3.05, 3.63) is 99.9 Å². The van der Waals surface area contributed by atoms with Gasteiger partial charge in [-0.15, -0.1) is 0 Å². The van der Waals surface area contributed by atoms with Gasteiger partial charge in [-0.25, -0.2) is 4.99 Å². The molecule has 0 saturated heterocycles. The van der Waals surface area contributed by atoms with E-state index in [0.29, 0.717) is 46.7 Å². The Hall–Kier alpha value is -5.32. The number of allylic oxidation sites excluding steroid dienone is 8. The molecule has 11 nitrogen and oxygen atoms in total. The smallest absolute Gasteiger partial charge is 0.249 e. The highest BCUT2D eigenvalue weighted by Gasteiger charge is 2.32. The molecule has 1 aromatic rings. The minimum atomic E-state index is -0.441. The standard InChI is InChI=1S/C39H53N9O2/c1-8-9-10-27(13-11-25(3)39(49)48(6)23-30(22-43-5)26(4)40)34-24(2)12-18-31(37(34)50-7)46-32(35(42)38-44-19-20-45-38)21-33(41)47-36(28-14-15-28)29-16-17-29/h9-13,18-22,28,38,42,44-46H,8,14-17,23,40H2,1-7H3,(H2,41,47)/b10-9+,25-11+,27-13+,30-26+,32-21+,42-35?,43-22?. The van der Waals surface area contributed by atoms with Crippen LogP contribution in [0.15, 0.2) is 98.7 Å². The van der Waals surface area contributed by atoms with Crippen LogP contribution in [0.2, 0.25) is 0 Å². The summed E-state index contributed by atoms with van der Waals surface area (Å²) in [6, 6.07) is 3.95. The summed E-state index contributed by atoms with van der Waals surface area (Å²) in [5.41, 5.74) is 21.1. The lowest BCUT2D eigenvalue weighted by molar-refractivity contribution is -0.125. The summed E-state index contributed by atoms with van der Waals surface area (Å²) in [5, 5.41) is 18.9. The van der Waals surface area contributed by atoms with Gasteiger partial charge in [0.15, 0.2) is 0 Å². The number of anilines is 1. The number of nitrogens with two attached hydrogens (primary N) is 2. The van der Waals surface area contributed by atoms with Crippen molar-refractivity contribution in [2.45, 2.75) is 66.0 Å². The molecule has 0 radical (unpaired) electrons. The lowest BCUT2D eigenvalue weighted by Crippen LogP contribution is -2.41. The number of methoxy groups -OCH3 is 1. The summed E-state index contributed by atoms with van der Waals surface area (Å²) in [4.78, 5) is 23.9. The Morgan fingerprint density at radius 1 is 1.16 bits per heavy atom. The van der Waals surface area contributed by atoms with E-state index in [4.69, 9.17) is 26.6 Å². The Morgan fingerprint density at radius 2 is 1.86 bits per heavy atom. The van der Waals surface area contributed by atoms with Gasteiger partial charge in [-0.3, -0.25) is 15.2 Å². The molecule has 0 bridgehead atoms. The first-order valence-corrected chi connectivity index (χ1v) is 17.2. The zero-order chi connectivity index (χ0) is 36.4. The number of hydrogen-bond donors (Lipinski definition) is 6. The van der Waals surface area contributed by atoms with Gasteiger partial charge in [0, 0.05) is 79.4 Å². The number of nitrogens with one attached hydrogen (secondary N) is 4. The number of likely N-dealkylation sites (N-methyl/N-ethyl adjacent to an activating group) is 1. The Kier molecular flexibility index (Phi) is 13.0. The first-order chi connectivity index (χ1) is 24.0. The summed E-state index contributed by atoms with van der Waals surface area (Å²) in [7, 11) is 5.06. The van der Waals surface area contributed by atoms with Crippen LogP contribution in [0.1, 0.15) is 64.0 Å². The molecule has 1 aliphatic heterocycles. The number of rotatable bonds is 16. The molecule has 2 fully saturated rings. The fourth-order valence-electron chi connectivity index (χ4n) is 5.59. The Labute approximate surface area is 296 Å². The van der Waals surface area contributed by atoms with Gasteiger partial charge in [-0.2, -0.15) is 0 Å². The van der Waals surface area contributed by atoms with Crippen LogP contribution in [-0.2, 0) is 4.79 Å². The maximum atomic E-state index is 13.3. The number of nitrogens with zero attached hydrogens (tertiary/aromatic N) is 3. The first-order valence-electron chi connectivity index (χ1n) is 17.2. The number of benzene rings is 1. The lowest BCUT2D eigenvalue weighted by Gasteiger charge is -2.22. The number of carbonyl (C=O) groups excluding carboxylic acids is 1. The second kappa shape index (κ2) is 17.4. The molecule has 0 unspecified atom stereocenters. The molecule has 1 heterocycles. The number of ether oxygens (including phenoxy) is 1. The molecular weight excluding hydrogens is 626 g/mol. The maximum Gasteiger partial charge on any atom is 0.249 e. The lowest BCUT2D eigenvalue weighted by atomic mass is 9.96. The van der Waals surface area contributed by atoms with Crippen molar-refractivity contribution in [2.75, 3.05) is 33.1 Å². The van der Waals surface area contributed by atoms with Crippen molar-refractivity contribution in [1.29, 1.82) is 5.41 Å². The number of carbonyl (C=O) groups is 1. The topological polar surface area (TPSA) is 166 Å². The fourth-order valence-corrected chi connectivity index (χ4v) is 5.59. The predicted molar refractivity (Wildman–Crippen MR) is 207 cm³/mol. The van der Waals surface area contributed by atoms with E-state index in [-0.39, 0.29) is 11.6 Å². The van der Waals surface area contributed by atoms with Crippen molar-refractivity contribution in [3.8, 4) is 5.75 Å². The molecule has 0 atom stereocenters. The molecule has 2 saturated carbocycles. The van der Waals surface area contributed by atoms with Crippen LogP contribution in [0.3, 0.4) is 0 Å². The third-order valence-corrected chi connectivity index (χ3v) is 8.61. The van der Waals surface area contributed by atoms with E-state index >= 15 is 0 Å². The highest BCUT2D eigenvalue weighted by molar-refractivity contribution is 6.09. The van der Waals surface area contributed by atoms with Gasteiger partial charge in [0.1, 0.15) is 17.8 Å². The normalized spacial score (nSPS) is 17.5. The molecule has 3 aliphatic rings. The van der Waals surface area contributed by atoms with Gasteiger partial charge >= 0.3 is 0 Å². The number of aryl methyl sites for hydroxylation is 1. The van der Waals surface area contributed by atoms with Crippen LogP contribution >= 0.6 is 0 Å². The van der Waals surface area contributed by atoms with Gasteiger partial charge in [-0.1, -0.05) is 37.3 Å². The van der Waals surface area contributed by atoms with Crippen molar-refractivity contribution < 1.29 is 9.53 Å². The van der Waals surface area contributed by atoms with Gasteiger partial charge in [0.2, 0.25) is 5.91 Å². The summed E-state index contributed by atoms with van der Waals surface area (Å²) in [5.74, 6) is 1.31. The zero-order valence-electron chi connectivity index (χ0n) is 30.5. The van der Waals surface area contributed by atoms with E-state index < -0.39 is 6.17 Å². The molecular formula is C39H53N9O2. The van der Waals surface area contributed by atoms with Crippen LogP contribution in [0.5, 0.6) is 5.75 Å². The van der Waals surface area contributed by atoms with Gasteiger partial charge in [-0.05, 0) is 75.7 Å². The van der Waals surface area contributed by atoms with Crippen molar-refractivity contribution in [3.63, 3.8) is 0 Å². The first kappa shape index (κ1) is 37.5. The van der Waals surface area contributed by atoms with Gasteiger partial charge in [0.05, 0.1) is 24.2 Å². The second-order valence-corrected chi connectivity index (χ2v) is 12.9. The Balaban J connectivity index is 1.72. The Morgan fingerprint density at radius 3 is 2.44 bits per heavy atom. The SMILES string of the molecule is CC/C=C/C(=C\C=C(/C)C(=O)N(C)C/C(C=NC)=C(\C)N)c1c(C)ccc(N/C(=C/C(N)=NC(=C2CC2)C2CC2)C(=N)C2NC=CN2)c1OC. The molecule has 1 amide bonds. The zero-order valence-corrected chi connectivity index (χ0v) is 30.5. The van der Waals surface area contributed by atoms with Crippen LogP contribution in [-0.4, -0.2) is 62.5 Å². The highest BCUT2D eigenvalue weighted by Crippen LogP contribution is 2.45. The number of aliphatic imine (C=N–C) groups is 2. The average molecular weight is 680 g/mol. The number of amidine groups is 1. The molecule has 50 heavy (non-hydrogen) atoms. The van der Waals surface area contributed by atoms with Crippen LogP contribution in [0.25, 0.3) is 5.57 Å². The van der Waals surface area contributed by atoms with Crippen LogP contribution in [0.4, 0.5) is 5.69 Å². The third kappa shape index (κ3) is 9.87. The number of hydrogen-bond acceptors (Lipinski definition) is 9. The van der Waals surface area contributed by atoms with E-state index in [0.717, 1.165) is 60.1 Å². The van der Waals surface area contributed by atoms with Crippen LogP contribution in [0, 0.1) is 18.3 Å². The minimum Gasteiger partial charge on any atom is -0.494 e. The van der Waals surface area contributed by atoms with E-state index in [2.05, 4.69) is 33.9 Å². The molecule has 11 heteroatoms. The minimum absolute atomic E-state index is 0.124. The molecule has 4 rings (SSSR count). The predicted octanol–water partition coefficient (Wildman–Crippen LogP) is 5.81. The van der Waals surface area contributed by atoms with E-state index in [1.165, 1.54) is 5.57 Å². The second-order valence-electron chi connectivity index (χ2n) is 12.9. The number of amides is 1. The molecule has 1 aromatic carbocycles. The van der Waals surface area contributed by atoms with E-state index in [1.54, 1.807) is 64.6 Å². The molecule has 8 N–H and O–H groups in total. The molecule has 0 aromatic heterocycles. The monoisotopic (exact) mass is 679 g/mol. The summed E-state index contributed by atoms with van der Waals surface area (Å²) in [6.45, 7) is 8.04. The van der Waals surface area contributed by atoms with Gasteiger partial charge < -0.3 is 37.1 Å².